The van der Waals surface area contributed by atoms with Crippen molar-refractivity contribution >= 4 is 11.6 Å². The highest BCUT2D eigenvalue weighted by molar-refractivity contribution is 6.31. The van der Waals surface area contributed by atoms with Gasteiger partial charge >= 0.3 is 0 Å². The summed E-state index contributed by atoms with van der Waals surface area (Å²) in [6.07, 6.45) is 5.07. The van der Waals surface area contributed by atoms with E-state index in [1.165, 1.54) is 12.8 Å². The van der Waals surface area contributed by atoms with Gasteiger partial charge in [-0.15, -0.1) is 0 Å². The van der Waals surface area contributed by atoms with Gasteiger partial charge in [-0.3, -0.25) is 0 Å². The predicted octanol–water partition coefficient (Wildman–Crippen LogP) is 3.15. The Bertz CT molecular complexity index is 384. The fraction of sp³-hybridized carbons (Fsp3) is 0.615. The van der Waals surface area contributed by atoms with Gasteiger partial charge in [-0.05, 0) is 31.2 Å². The molecule has 1 aliphatic carbocycles. The second-order valence-corrected chi connectivity index (χ2v) is 5.20. The molecule has 1 aromatic heterocycles. The predicted molar refractivity (Wildman–Crippen MR) is 69.2 cm³/mol. The lowest BCUT2D eigenvalue weighted by Crippen LogP contribution is -2.24. The maximum absolute atomic E-state index is 5.96. The standard InChI is InChI=1S/C13H19ClN2O/c1-9-3-2-4-10(7-9)17-13-6-5-11(14)12(8-15)16-13/h5-6,9-10H,2-4,7-8,15H2,1H3. The number of pyridine rings is 1. The monoisotopic (exact) mass is 254 g/mol. The first-order chi connectivity index (χ1) is 8.19. The molecule has 4 heteroatoms. The Balaban J connectivity index is 2.02. The van der Waals surface area contributed by atoms with Crippen LogP contribution in [-0.2, 0) is 6.54 Å². The van der Waals surface area contributed by atoms with Crippen LogP contribution in [0, 0.1) is 5.92 Å². The van der Waals surface area contributed by atoms with E-state index in [1.54, 1.807) is 6.07 Å². The maximum atomic E-state index is 5.96. The van der Waals surface area contributed by atoms with Gasteiger partial charge in [-0.2, -0.15) is 0 Å². The number of aromatic nitrogens is 1. The maximum Gasteiger partial charge on any atom is 0.213 e. The van der Waals surface area contributed by atoms with Crippen molar-refractivity contribution in [3.8, 4) is 5.88 Å². The molecule has 1 heterocycles. The lowest BCUT2D eigenvalue weighted by Gasteiger charge is -2.27. The van der Waals surface area contributed by atoms with E-state index in [2.05, 4.69) is 11.9 Å². The van der Waals surface area contributed by atoms with Crippen molar-refractivity contribution in [1.82, 2.24) is 4.98 Å². The summed E-state index contributed by atoms with van der Waals surface area (Å²) in [5, 5.41) is 0.608. The zero-order chi connectivity index (χ0) is 12.3. The molecule has 17 heavy (non-hydrogen) atoms. The van der Waals surface area contributed by atoms with Crippen molar-refractivity contribution in [3.05, 3.63) is 22.8 Å². The second-order valence-electron chi connectivity index (χ2n) is 4.79. The summed E-state index contributed by atoms with van der Waals surface area (Å²) in [6.45, 7) is 2.62. The summed E-state index contributed by atoms with van der Waals surface area (Å²) in [4.78, 5) is 4.33. The van der Waals surface area contributed by atoms with E-state index in [9.17, 15) is 0 Å². The van der Waals surface area contributed by atoms with Gasteiger partial charge in [-0.1, -0.05) is 24.9 Å². The minimum absolute atomic E-state index is 0.290. The van der Waals surface area contributed by atoms with Crippen LogP contribution in [0.2, 0.25) is 5.02 Å². The SMILES string of the molecule is CC1CCCC(Oc2ccc(Cl)c(CN)n2)C1. The third-order valence-corrected chi connectivity index (χ3v) is 3.61. The molecular formula is C13H19ClN2O. The molecule has 0 aliphatic heterocycles. The van der Waals surface area contributed by atoms with E-state index in [-0.39, 0.29) is 6.10 Å². The van der Waals surface area contributed by atoms with Crippen molar-refractivity contribution in [3.63, 3.8) is 0 Å². The summed E-state index contributed by atoms with van der Waals surface area (Å²) in [5.74, 6) is 1.39. The number of halogens is 1. The zero-order valence-corrected chi connectivity index (χ0v) is 10.9. The Kier molecular flexibility index (Phi) is 4.24. The van der Waals surface area contributed by atoms with Crippen molar-refractivity contribution in [1.29, 1.82) is 0 Å². The number of rotatable bonds is 3. The molecule has 3 nitrogen and oxygen atoms in total. The Morgan fingerprint density at radius 3 is 3.00 bits per heavy atom. The zero-order valence-electron chi connectivity index (χ0n) is 10.2. The number of nitrogens with zero attached hydrogens (tertiary/aromatic N) is 1. The topological polar surface area (TPSA) is 48.1 Å². The highest BCUT2D eigenvalue weighted by Gasteiger charge is 2.20. The van der Waals surface area contributed by atoms with Gasteiger partial charge in [0, 0.05) is 12.6 Å². The molecule has 0 spiro atoms. The fourth-order valence-corrected chi connectivity index (χ4v) is 2.51. The molecule has 1 fully saturated rings. The summed E-state index contributed by atoms with van der Waals surface area (Å²) >= 11 is 5.96. The molecule has 0 saturated heterocycles. The minimum atomic E-state index is 0.290. The van der Waals surface area contributed by atoms with Gasteiger partial charge in [-0.25, -0.2) is 4.98 Å². The number of hydrogen-bond acceptors (Lipinski definition) is 3. The van der Waals surface area contributed by atoms with Crippen LogP contribution in [0.1, 0.15) is 38.3 Å². The Morgan fingerprint density at radius 2 is 2.29 bits per heavy atom. The third kappa shape index (κ3) is 3.33. The molecule has 2 atom stereocenters. The highest BCUT2D eigenvalue weighted by Crippen LogP contribution is 2.27. The molecule has 0 aromatic carbocycles. The third-order valence-electron chi connectivity index (χ3n) is 3.26. The molecule has 2 unspecified atom stereocenters. The first-order valence-corrected chi connectivity index (χ1v) is 6.59. The quantitative estimate of drug-likeness (QED) is 0.902. The van der Waals surface area contributed by atoms with Crippen LogP contribution in [0.5, 0.6) is 5.88 Å². The molecule has 94 valence electrons. The van der Waals surface area contributed by atoms with Crippen LogP contribution >= 0.6 is 11.6 Å². The van der Waals surface area contributed by atoms with Gasteiger partial charge in [0.1, 0.15) is 6.10 Å². The average molecular weight is 255 g/mol. The highest BCUT2D eigenvalue weighted by atomic mass is 35.5. The summed E-state index contributed by atoms with van der Waals surface area (Å²) in [5.41, 5.74) is 6.27. The molecule has 0 bridgehead atoms. The largest absolute Gasteiger partial charge is 0.474 e. The van der Waals surface area contributed by atoms with Gasteiger partial charge in [0.2, 0.25) is 5.88 Å². The Hall–Kier alpha value is -0.800. The Labute approximate surface area is 107 Å². The smallest absolute Gasteiger partial charge is 0.213 e. The number of hydrogen-bond donors (Lipinski definition) is 1. The lowest BCUT2D eigenvalue weighted by atomic mass is 9.89. The Morgan fingerprint density at radius 1 is 1.47 bits per heavy atom. The summed E-state index contributed by atoms with van der Waals surface area (Å²) in [6, 6.07) is 3.62. The van der Waals surface area contributed by atoms with E-state index < -0.39 is 0 Å². The average Bonchev–Trinajstić information content (AvgIpc) is 2.32. The van der Waals surface area contributed by atoms with E-state index in [0.29, 0.717) is 23.1 Å². The number of nitrogens with two attached hydrogens (primary N) is 1. The van der Waals surface area contributed by atoms with Crippen molar-refractivity contribution in [2.75, 3.05) is 0 Å². The molecule has 2 N–H and O–H groups in total. The molecule has 1 aliphatic rings. The van der Waals surface area contributed by atoms with Gasteiger partial charge in [0.05, 0.1) is 10.7 Å². The van der Waals surface area contributed by atoms with Crippen LogP contribution in [0.25, 0.3) is 0 Å². The van der Waals surface area contributed by atoms with Crippen LogP contribution < -0.4 is 10.5 Å². The van der Waals surface area contributed by atoms with Gasteiger partial charge in [0.15, 0.2) is 0 Å². The summed E-state index contributed by atoms with van der Waals surface area (Å²) < 4.78 is 5.90. The van der Waals surface area contributed by atoms with Crippen molar-refractivity contribution in [2.24, 2.45) is 11.7 Å². The van der Waals surface area contributed by atoms with Gasteiger partial charge < -0.3 is 10.5 Å². The van der Waals surface area contributed by atoms with Crippen LogP contribution in [0.15, 0.2) is 12.1 Å². The van der Waals surface area contributed by atoms with E-state index in [1.807, 2.05) is 6.07 Å². The van der Waals surface area contributed by atoms with Crippen LogP contribution in [0.3, 0.4) is 0 Å². The molecule has 1 saturated carbocycles. The summed E-state index contributed by atoms with van der Waals surface area (Å²) in [7, 11) is 0. The minimum Gasteiger partial charge on any atom is -0.474 e. The van der Waals surface area contributed by atoms with E-state index in [0.717, 1.165) is 18.8 Å². The lowest BCUT2D eigenvalue weighted by molar-refractivity contribution is 0.123. The molecule has 2 rings (SSSR count). The van der Waals surface area contributed by atoms with Crippen molar-refractivity contribution < 1.29 is 4.74 Å². The first-order valence-electron chi connectivity index (χ1n) is 6.21. The van der Waals surface area contributed by atoms with E-state index >= 15 is 0 Å². The first kappa shape index (κ1) is 12.7. The second kappa shape index (κ2) is 5.69. The van der Waals surface area contributed by atoms with Crippen molar-refractivity contribution in [2.45, 2.75) is 45.3 Å². The number of ether oxygens (including phenoxy) is 1. The molecule has 0 amide bonds. The van der Waals surface area contributed by atoms with Crippen LogP contribution in [-0.4, -0.2) is 11.1 Å². The fourth-order valence-electron chi connectivity index (χ4n) is 2.33. The van der Waals surface area contributed by atoms with Crippen LogP contribution in [0.4, 0.5) is 0 Å². The normalized spacial score (nSPS) is 24.6. The van der Waals surface area contributed by atoms with E-state index in [4.69, 9.17) is 22.1 Å². The molecule has 1 aromatic rings. The molecular weight excluding hydrogens is 236 g/mol. The van der Waals surface area contributed by atoms with Gasteiger partial charge in [0.25, 0.3) is 0 Å². The molecule has 0 radical (unpaired) electrons.